The van der Waals surface area contributed by atoms with Gasteiger partial charge >= 0.3 is 5.97 Å². The molecule has 0 unspecified atom stereocenters. The molecule has 0 spiro atoms. The lowest BCUT2D eigenvalue weighted by molar-refractivity contribution is 0.0527. The molecule has 0 saturated heterocycles. The zero-order valence-corrected chi connectivity index (χ0v) is 21.3. The maximum Gasteiger partial charge on any atom is 0.339 e. The summed E-state index contributed by atoms with van der Waals surface area (Å²) in [6.45, 7) is 2.02. The number of anilines is 2. The second kappa shape index (κ2) is 10.8. The summed E-state index contributed by atoms with van der Waals surface area (Å²) < 4.78 is 30.7. The summed E-state index contributed by atoms with van der Waals surface area (Å²) >= 11 is 1.47. The zero-order chi connectivity index (χ0) is 25.7. The standard InChI is InChI=1S/C27H24N2O5S2/c1-3-34-27(31)23-17-24(18-9-5-4-6-10-18)35-25(23)19-11-7-13-21(15-19)28-26(30)20-12-8-14-22(16-20)29-36(2,32)33/h4-17,29H,3H2,1-2H3,(H,28,30). The first-order chi connectivity index (χ1) is 17.2. The normalized spacial score (nSPS) is 11.1. The van der Waals surface area contributed by atoms with Gasteiger partial charge in [-0.25, -0.2) is 13.2 Å². The van der Waals surface area contributed by atoms with Crippen LogP contribution < -0.4 is 10.0 Å². The first-order valence-electron chi connectivity index (χ1n) is 11.1. The third kappa shape index (κ3) is 6.18. The summed E-state index contributed by atoms with van der Waals surface area (Å²) in [6.07, 6.45) is 1.05. The summed E-state index contributed by atoms with van der Waals surface area (Å²) in [5.74, 6) is -0.804. The molecule has 0 aliphatic rings. The van der Waals surface area contributed by atoms with Gasteiger partial charge in [0.05, 0.1) is 18.4 Å². The van der Waals surface area contributed by atoms with E-state index >= 15 is 0 Å². The highest BCUT2D eigenvalue weighted by molar-refractivity contribution is 7.92. The fourth-order valence-corrected chi connectivity index (χ4v) is 5.29. The van der Waals surface area contributed by atoms with Gasteiger partial charge in [0, 0.05) is 26.7 Å². The van der Waals surface area contributed by atoms with E-state index in [1.54, 1.807) is 43.3 Å². The van der Waals surface area contributed by atoms with Crippen LogP contribution in [0.1, 0.15) is 27.6 Å². The highest BCUT2D eigenvalue weighted by atomic mass is 32.2. The number of esters is 1. The Labute approximate surface area is 213 Å². The molecule has 4 aromatic rings. The molecule has 0 radical (unpaired) electrons. The Morgan fingerprint density at radius 2 is 1.56 bits per heavy atom. The lowest BCUT2D eigenvalue weighted by Crippen LogP contribution is -2.14. The Hall–Kier alpha value is -3.95. The summed E-state index contributed by atoms with van der Waals surface area (Å²) in [6, 6.07) is 25.0. The molecule has 9 heteroatoms. The Kier molecular flexibility index (Phi) is 7.52. The van der Waals surface area contributed by atoms with E-state index in [1.807, 2.05) is 42.5 Å². The predicted octanol–water partition coefficient (Wildman–Crippen LogP) is 5.88. The van der Waals surface area contributed by atoms with Gasteiger partial charge in [0.15, 0.2) is 0 Å². The third-order valence-electron chi connectivity index (χ3n) is 5.10. The number of sulfonamides is 1. The molecule has 0 atom stereocenters. The summed E-state index contributed by atoms with van der Waals surface area (Å²) in [7, 11) is -3.47. The van der Waals surface area contributed by atoms with Crippen LogP contribution in [0, 0.1) is 0 Å². The van der Waals surface area contributed by atoms with Gasteiger partial charge in [-0.3, -0.25) is 9.52 Å². The number of hydrogen-bond acceptors (Lipinski definition) is 6. The minimum atomic E-state index is -3.47. The van der Waals surface area contributed by atoms with Crippen molar-refractivity contribution in [1.29, 1.82) is 0 Å². The van der Waals surface area contributed by atoms with Crippen LogP contribution in [-0.4, -0.2) is 33.2 Å². The van der Waals surface area contributed by atoms with Gasteiger partial charge in [0.2, 0.25) is 10.0 Å². The Balaban J connectivity index is 1.64. The van der Waals surface area contributed by atoms with Crippen LogP contribution in [-0.2, 0) is 14.8 Å². The van der Waals surface area contributed by atoms with E-state index in [4.69, 9.17) is 4.74 Å². The van der Waals surface area contributed by atoms with E-state index in [1.165, 1.54) is 17.4 Å². The fourth-order valence-electron chi connectivity index (χ4n) is 3.59. The molecule has 1 amide bonds. The molecule has 0 aliphatic heterocycles. The first kappa shape index (κ1) is 25.2. The number of ether oxygens (including phenoxy) is 1. The summed E-state index contributed by atoms with van der Waals surface area (Å²) in [5.41, 5.74) is 3.34. The van der Waals surface area contributed by atoms with Crippen molar-refractivity contribution in [3.8, 4) is 20.9 Å². The smallest absolute Gasteiger partial charge is 0.339 e. The van der Waals surface area contributed by atoms with Crippen LogP contribution in [0.2, 0.25) is 0 Å². The first-order valence-corrected chi connectivity index (χ1v) is 13.8. The number of amides is 1. The van der Waals surface area contributed by atoms with Crippen molar-refractivity contribution in [3.05, 3.63) is 96.1 Å². The van der Waals surface area contributed by atoms with Crippen molar-refractivity contribution < 1.29 is 22.7 Å². The number of thiophene rings is 1. The van der Waals surface area contributed by atoms with Gasteiger partial charge in [0.1, 0.15) is 0 Å². The van der Waals surface area contributed by atoms with Gasteiger partial charge < -0.3 is 10.1 Å². The molecule has 184 valence electrons. The van der Waals surface area contributed by atoms with Gasteiger partial charge in [-0.05, 0) is 54.4 Å². The Morgan fingerprint density at radius 1 is 0.861 bits per heavy atom. The maximum absolute atomic E-state index is 12.9. The lowest BCUT2D eigenvalue weighted by atomic mass is 10.1. The average molecular weight is 521 g/mol. The van der Waals surface area contributed by atoms with Crippen LogP contribution in [0.15, 0.2) is 84.9 Å². The Morgan fingerprint density at radius 3 is 2.28 bits per heavy atom. The van der Waals surface area contributed by atoms with E-state index in [0.717, 1.165) is 27.1 Å². The molecular formula is C27H24N2O5S2. The van der Waals surface area contributed by atoms with E-state index in [2.05, 4.69) is 10.0 Å². The monoisotopic (exact) mass is 520 g/mol. The quantitative estimate of drug-likeness (QED) is 0.283. The van der Waals surface area contributed by atoms with E-state index < -0.39 is 21.9 Å². The number of benzene rings is 3. The molecule has 4 rings (SSSR count). The molecule has 0 saturated carbocycles. The molecule has 0 bridgehead atoms. The Bertz CT molecular complexity index is 1510. The van der Waals surface area contributed by atoms with Crippen molar-refractivity contribution in [3.63, 3.8) is 0 Å². The minimum absolute atomic E-state index is 0.262. The van der Waals surface area contributed by atoms with Crippen LogP contribution >= 0.6 is 11.3 Å². The molecule has 1 heterocycles. The van der Waals surface area contributed by atoms with Crippen LogP contribution in [0.3, 0.4) is 0 Å². The van der Waals surface area contributed by atoms with E-state index in [-0.39, 0.29) is 6.61 Å². The number of rotatable bonds is 8. The van der Waals surface area contributed by atoms with Gasteiger partial charge in [-0.2, -0.15) is 0 Å². The number of hydrogen-bond donors (Lipinski definition) is 2. The predicted molar refractivity (Wildman–Crippen MR) is 144 cm³/mol. The number of carbonyl (C=O) groups excluding carboxylic acids is 2. The highest BCUT2D eigenvalue weighted by Gasteiger charge is 2.20. The van der Waals surface area contributed by atoms with Crippen molar-refractivity contribution in [1.82, 2.24) is 0 Å². The second-order valence-corrected chi connectivity index (χ2v) is 10.7. The summed E-state index contributed by atoms with van der Waals surface area (Å²) in [5, 5.41) is 2.84. The topological polar surface area (TPSA) is 102 Å². The SMILES string of the molecule is CCOC(=O)c1cc(-c2ccccc2)sc1-c1cccc(NC(=O)c2cccc(NS(C)(=O)=O)c2)c1. The maximum atomic E-state index is 12.9. The van der Waals surface area contributed by atoms with Crippen molar-refractivity contribution in [2.75, 3.05) is 22.9 Å². The third-order valence-corrected chi connectivity index (χ3v) is 6.94. The zero-order valence-electron chi connectivity index (χ0n) is 19.6. The van der Waals surface area contributed by atoms with Crippen molar-refractivity contribution in [2.24, 2.45) is 0 Å². The van der Waals surface area contributed by atoms with Gasteiger partial charge in [-0.1, -0.05) is 48.5 Å². The fraction of sp³-hybridized carbons (Fsp3) is 0.111. The molecule has 7 nitrogen and oxygen atoms in total. The second-order valence-electron chi connectivity index (χ2n) is 7.93. The van der Waals surface area contributed by atoms with Gasteiger partial charge in [0.25, 0.3) is 5.91 Å². The highest BCUT2D eigenvalue weighted by Crippen LogP contribution is 2.39. The molecular weight excluding hydrogens is 496 g/mol. The number of carbonyl (C=O) groups is 2. The van der Waals surface area contributed by atoms with Crippen molar-refractivity contribution in [2.45, 2.75) is 6.92 Å². The van der Waals surface area contributed by atoms with Gasteiger partial charge in [-0.15, -0.1) is 11.3 Å². The molecule has 2 N–H and O–H groups in total. The van der Waals surface area contributed by atoms with Crippen LogP contribution in [0.4, 0.5) is 11.4 Å². The molecule has 3 aromatic carbocycles. The van der Waals surface area contributed by atoms with Crippen molar-refractivity contribution >= 4 is 44.6 Å². The lowest BCUT2D eigenvalue weighted by Gasteiger charge is -2.10. The van der Waals surface area contributed by atoms with E-state index in [9.17, 15) is 18.0 Å². The largest absolute Gasteiger partial charge is 0.462 e. The average Bonchev–Trinajstić information content (AvgIpc) is 3.30. The van der Waals surface area contributed by atoms with E-state index in [0.29, 0.717) is 22.5 Å². The number of nitrogens with one attached hydrogen (secondary N) is 2. The molecule has 1 aromatic heterocycles. The van der Waals surface area contributed by atoms with Crippen LogP contribution in [0.25, 0.3) is 20.9 Å². The molecule has 0 aliphatic carbocycles. The molecule has 0 fully saturated rings. The van der Waals surface area contributed by atoms with Crippen LogP contribution in [0.5, 0.6) is 0 Å². The minimum Gasteiger partial charge on any atom is -0.462 e. The summed E-state index contributed by atoms with van der Waals surface area (Å²) in [4.78, 5) is 27.3. The molecule has 36 heavy (non-hydrogen) atoms.